The Morgan fingerprint density at radius 1 is 0.933 bits per heavy atom. The Labute approximate surface area is 181 Å². The minimum atomic E-state index is -0.482. The van der Waals surface area contributed by atoms with Crippen molar-refractivity contribution in [2.45, 2.75) is 64.3 Å². The summed E-state index contributed by atoms with van der Waals surface area (Å²) in [5.41, 5.74) is 2.37. The molecule has 1 N–H and O–H groups in total. The number of piperidine rings is 1. The molecule has 1 aliphatic rings. The second kappa shape index (κ2) is 12.1. The van der Waals surface area contributed by atoms with Crippen LogP contribution in [0.15, 0.2) is 54.6 Å². The molecule has 3 rings (SSSR count). The van der Waals surface area contributed by atoms with Crippen molar-refractivity contribution in [3.05, 3.63) is 65.7 Å². The van der Waals surface area contributed by atoms with Crippen LogP contribution in [0, 0.1) is 0 Å². The number of benzene rings is 2. The maximum atomic E-state index is 10.5. The van der Waals surface area contributed by atoms with Gasteiger partial charge in [0.25, 0.3) is 0 Å². The van der Waals surface area contributed by atoms with E-state index < -0.39 is 6.10 Å². The maximum absolute atomic E-state index is 10.5. The van der Waals surface area contributed by atoms with Crippen LogP contribution in [0.1, 0.15) is 56.8 Å². The standard InChI is InChI=1S/C26H37NO3/c1-21(2)30-26(16-15-22-11-5-3-6-12-22)24-13-7-8-14-25(24)29-20-23(28)19-27-17-9-4-10-18-27/h3,5-8,11-14,21,23,26,28H,4,9-10,15-20H2,1-2H3. The van der Waals surface area contributed by atoms with Crippen molar-refractivity contribution in [2.24, 2.45) is 0 Å². The molecule has 0 spiro atoms. The van der Waals surface area contributed by atoms with E-state index in [9.17, 15) is 5.11 Å². The first-order valence-corrected chi connectivity index (χ1v) is 11.4. The molecule has 0 amide bonds. The van der Waals surface area contributed by atoms with E-state index in [1.54, 1.807) is 0 Å². The average Bonchev–Trinajstić information content (AvgIpc) is 2.77. The van der Waals surface area contributed by atoms with Crippen molar-refractivity contribution in [3.63, 3.8) is 0 Å². The van der Waals surface area contributed by atoms with Crippen LogP contribution in [0.25, 0.3) is 0 Å². The lowest BCUT2D eigenvalue weighted by Crippen LogP contribution is -2.38. The van der Waals surface area contributed by atoms with Gasteiger partial charge in [-0.3, -0.25) is 0 Å². The van der Waals surface area contributed by atoms with E-state index in [-0.39, 0.29) is 12.2 Å². The van der Waals surface area contributed by atoms with Crippen molar-refractivity contribution in [2.75, 3.05) is 26.2 Å². The number of hydrogen-bond donors (Lipinski definition) is 1. The van der Waals surface area contributed by atoms with Gasteiger partial charge in [0, 0.05) is 12.1 Å². The van der Waals surface area contributed by atoms with Crippen LogP contribution in [0.2, 0.25) is 0 Å². The lowest BCUT2D eigenvalue weighted by molar-refractivity contribution is -0.000724. The third kappa shape index (κ3) is 7.42. The fourth-order valence-electron chi connectivity index (χ4n) is 4.12. The van der Waals surface area contributed by atoms with E-state index in [4.69, 9.17) is 9.47 Å². The summed E-state index contributed by atoms with van der Waals surface area (Å²) in [5.74, 6) is 0.814. The molecule has 0 bridgehead atoms. The highest BCUT2D eigenvalue weighted by Crippen LogP contribution is 2.32. The first-order chi connectivity index (χ1) is 14.6. The molecule has 164 valence electrons. The Morgan fingerprint density at radius 2 is 1.63 bits per heavy atom. The summed E-state index contributed by atoms with van der Waals surface area (Å²) in [5, 5.41) is 10.5. The lowest BCUT2D eigenvalue weighted by atomic mass is 10.00. The minimum Gasteiger partial charge on any atom is -0.490 e. The number of nitrogens with zero attached hydrogens (tertiary/aromatic N) is 1. The highest BCUT2D eigenvalue weighted by Gasteiger charge is 2.20. The first kappa shape index (κ1) is 22.8. The molecule has 2 aromatic carbocycles. The van der Waals surface area contributed by atoms with E-state index >= 15 is 0 Å². The molecule has 1 saturated heterocycles. The quantitative estimate of drug-likeness (QED) is 0.564. The number of aliphatic hydroxyl groups excluding tert-OH is 1. The number of likely N-dealkylation sites (tertiary alicyclic amines) is 1. The van der Waals surface area contributed by atoms with Crippen molar-refractivity contribution in [1.29, 1.82) is 0 Å². The number of ether oxygens (including phenoxy) is 2. The Balaban J connectivity index is 1.62. The normalized spacial score (nSPS) is 17.1. The summed E-state index contributed by atoms with van der Waals surface area (Å²) in [4.78, 5) is 2.34. The summed E-state index contributed by atoms with van der Waals surface area (Å²) in [6.45, 7) is 7.29. The highest BCUT2D eigenvalue weighted by atomic mass is 16.5. The Bertz CT molecular complexity index is 728. The second-order valence-corrected chi connectivity index (χ2v) is 8.56. The van der Waals surface area contributed by atoms with E-state index in [1.807, 2.05) is 24.3 Å². The topological polar surface area (TPSA) is 41.9 Å². The van der Waals surface area contributed by atoms with Crippen LogP contribution in [-0.4, -0.2) is 48.5 Å². The average molecular weight is 412 g/mol. The molecule has 0 aliphatic carbocycles. The van der Waals surface area contributed by atoms with Gasteiger partial charge in [0.05, 0.1) is 12.2 Å². The molecule has 0 saturated carbocycles. The van der Waals surface area contributed by atoms with E-state index in [0.29, 0.717) is 13.2 Å². The highest BCUT2D eigenvalue weighted by molar-refractivity contribution is 5.35. The Morgan fingerprint density at radius 3 is 2.37 bits per heavy atom. The smallest absolute Gasteiger partial charge is 0.125 e. The van der Waals surface area contributed by atoms with Gasteiger partial charge in [0.15, 0.2) is 0 Å². The molecule has 1 aliphatic heterocycles. The molecular weight excluding hydrogens is 374 g/mol. The first-order valence-electron chi connectivity index (χ1n) is 11.4. The van der Waals surface area contributed by atoms with E-state index in [0.717, 1.165) is 37.2 Å². The second-order valence-electron chi connectivity index (χ2n) is 8.56. The lowest BCUT2D eigenvalue weighted by Gasteiger charge is -2.29. The molecule has 2 unspecified atom stereocenters. The van der Waals surface area contributed by atoms with Gasteiger partial charge in [-0.2, -0.15) is 0 Å². The van der Waals surface area contributed by atoms with Gasteiger partial charge in [-0.25, -0.2) is 0 Å². The van der Waals surface area contributed by atoms with Crippen molar-refractivity contribution >= 4 is 0 Å². The van der Waals surface area contributed by atoms with Crippen molar-refractivity contribution < 1.29 is 14.6 Å². The molecular formula is C26H37NO3. The van der Waals surface area contributed by atoms with Crippen molar-refractivity contribution in [1.82, 2.24) is 4.90 Å². The van der Waals surface area contributed by atoms with Gasteiger partial charge in [-0.15, -0.1) is 0 Å². The molecule has 4 heteroatoms. The Hall–Kier alpha value is -1.88. The van der Waals surface area contributed by atoms with Gasteiger partial charge in [-0.05, 0) is 64.3 Å². The van der Waals surface area contributed by atoms with Gasteiger partial charge in [-0.1, -0.05) is 55.0 Å². The van der Waals surface area contributed by atoms with Gasteiger partial charge >= 0.3 is 0 Å². The zero-order valence-corrected chi connectivity index (χ0v) is 18.5. The summed E-state index contributed by atoms with van der Waals surface area (Å²) in [6, 6.07) is 18.6. The fraction of sp³-hybridized carbons (Fsp3) is 0.538. The van der Waals surface area contributed by atoms with Gasteiger partial charge < -0.3 is 19.5 Å². The summed E-state index contributed by atoms with van der Waals surface area (Å²) in [6.07, 6.45) is 5.20. The van der Waals surface area contributed by atoms with E-state index in [1.165, 1.54) is 24.8 Å². The number of aliphatic hydroxyl groups is 1. The van der Waals surface area contributed by atoms with Crippen LogP contribution >= 0.6 is 0 Å². The Kier molecular flexibility index (Phi) is 9.19. The predicted molar refractivity (Wildman–Crippen MR) is 122 cm³/mol. The number of β-amino-alcohol motifs (C(OH)–C–C–N with tert-alkyl or cyclic N) is 1. The van der Waals surface area contributed by atoms with Crippen LogP contribution < -0.4 is 4.74 Å². The van der Waals surface area contributed by atoms with Crippen molar-refractivity contribution in [3.8, 4) is 5.75 Å². The molecule has 0 radical (unpaired) electrons. The third-order valence-electron chi connectivity index (χ3n) is 5.59. The predicted octanol–water partition coefficient (Wildman–Crippen LogP) is 5.01. The molecule has 0 aromatic heterocycles. The zero-order valence-electron chi connectivity index (χ0n) is 18.5. The maximum Gasteiger partial charge on any atom is 0.125 e. The SMILES string of the molecule is CC(C)OC(CCc1ccccc1)c1ccccc1OCC(O)CN1CCCCC1. The van der Waals surface area contributed by atoms with Crippen LogP contribution in [0.3, 0.4) is 0 Å². The van der Waals surface area contributed by atoms with Crippen LogP contribution in [0.4, 0.5) is 0 Å². The number of para-hydroxylation sites is 1. The fourth-order valence-corrected chi connectivity index (χ4v) is 4.12. The number of rotatable bonds is 11. The van der Waals surface area contributed by atoms with Gasteiger partial charge in [0.1, 0.15) is 18.5 Å². The number of aryl methyl sites for hydroxylation is 1. The van der Waals surface area contributed by atoms with Gasteiger partial charge in [0.2, 0.25) is 0 Å². The molecule has 2 aromatic rings. The summed E-state index contributed by atoms with van der Waals surface area (Å²) in [7, 11) is 0. The number of hydrogen-bond acceptors (Lipinski definition) is 4. The van der Waals surface area contributed by atoms with Crippen LogP contribution in [0.5, 0.6) is 5.75 Å². The molecule has 4 nitrogen and oxygen atoms in total. The molecule has 1 heterocycles. The summed E-state index contributed by atoms with van der Waals surface area (Å²) < 4.78 is 12.4. The zero-order chi connectivity index (χ0) is 21.2. The molecule has 30 heavy (non-hydrogen) atoms. The largest absolute Gasteiger partial charge is 0.490 e. The van der Waals surface area contributed by atoms with Crippen LogP contribution in [-0.2, 0) is 11.2 Å². The monoisotopic (exact) mass is 411 g/mol. The molecule has 2 atom stereocenters. The van der Waals surface area contributed by atoms with E-state index in [2.05, 4.69) is 49.1 Å². The summed E-state index contributed by atoms with van der Waals surface area (Å²) >= 11 is 0. The molecule has 1 fully saturated rings. The third-order valence-corrected chi connectivity index (χ3v) is 5.59. The minimum absolute atomic E-state index is 0.0411.